The van der Waals surface area contributed by atoms with Crippen molar-refractivity contribution in [1.82, 2.24) is 5.32 Å². The first-order chi connectivity index (χ1) is 7.47. The number of nitrogens with one attached hydrogen (secondary N) is 1. The van der Waals surface area contributed by atoms with Crippen molar-refractivity contribution in [2.24, 2.45) is 5.73 Å². The minimum atomic E-state index is -0.442. The monoisotopic (exact) mass is 258 g/mol. The lowest BCUT2D eigenvalue weighted by Crippen LogP contribution is -2.45. The van der Waals surface area contributed by atoms with Gasteiger partial charge < -0.3 is 15.8 Å². The van der Waals surface area contributed by atoms with Crippen LogP contribution in [0.1, 0.15) is 19.4 Å². The molecule has 0 aliphatic heterocycles. The number of ether oxygens (including phenoxy) is 1. The molecule has 1 aromatic rings. The summed E-state index contributed by atoms with van der Waals surface area (Å²) >= 11 is 0. The van der Waals surface area contributed by atoms with Crippen molar-refractivity contribution in [2.45, 2.75) is 26.0 Å². The molecule has 0 aromatic heterocycles. The van der Waals surface area contributed by atoms with Crippen LogP contribution in [0.5, 0.6) is 0 Å². The zero-order chi connectivity index (χ0) is 12.0. The summed E-state index contributed by atoms with van der Waals surface area (Å²) in [4.78, 5) is 11.3. The fourth-order valence-electron chi connectivity index (χ4n) is 1.07. The first-order valence-electron chi connectivity index (χ1n) is 5.21. The molecule has 0 spiro atoms. The Kier molecular flexibility index (Phi) is 6.61. The Morgan fingerprint density at radius 2 is 1.94 bits per heavy atom. The van der Waals surface area contributed by atoms with Crippen molar-refractivity contribution in [3.63, 3.8) is 0 Å². The maximum atomic E-state index is 11.3. The Hall–Kier alpha value is -1.26. The molecule has 0 saturated heterocycles. The Morgan fingerprint density at radius 3 is 2.47 bits per heavy atom. The predicted octanol–water partition coefficient (Wildman–Crippen LogP) is 2.07. The van der Waals surface area contributed by atoms with Crippen LogP contribution in [-0.4, -0.2) is 18.2 Å². The minimum Gasteiger partial charge on any atom is -0.445 e. The largest absolute Gasteiger partial charge is 0.445 e. The number of alkyl carbamates (subject to hydrolysis) is 1. The van der Waals surface area contributed by atoms with Gasteiger partial charge in [-0.15, -0.1) is 12.4 Å². The van der Waals surface area contributed by atoms with Crippen LogP contribution in [0, 0.1) is 0 Å². The van der Waals surface area contributed by atoms with Gasteiger partial charge in [0, 0.05) is 12.1 Å². The summed E-state index contributed by atoms with van der Waals surface area (Å²) in [6.07, 6.45) is -0.442. The van der Waals surface area contributed by atoms with Gasteiger partial charge in [-0.05, 0) is 19.4 Å². The fraction of sp³-hybridized carbons (Fsp3) is 0.417. The van der Waals surface area contributed by atoms with E-state index in [1.54, 1.807) is 0 Å². The quantitative estimate of drug-likeness (QED) is 0.869. The first kappa shape index (κ1) is 15.7. The van der Waals surface area contributed by atoms with Gasteiger partial charge in [-0.2, -0.15) is 0 Å². The molecule has 0 unspecified atom stereocenters. The maximum absolute atomic E-state index is 11.3. The molecule has 17 heavy (non-hydrogen) atoms. The third-order valence-electron chi connectivity index (χ3n) is 1.90. The van der Waals surface area contributed by atoms with Gasteiger partial charge in [0.05, 0.1) is 0 Å². The van der Waals surface area contributed by atoms with Crippen molar-refractivity contribution in [3.8, 4) is 0 Å². The van der Waals surface area contributed by atoms with Crippen molar-refractivity contribution in [2.75, 3.05) is 6.54 Å². The maximum Gasteiger partial charge on any atom is 0.407 e. The fourth-order valence-corrected chi connectivity index (χ4v) is 1.07. The number of benzene rings is 1. The lowest BCUT2D eigenvalue weighted by atomic mass is 10.1. The highest BCUT2D eigenvalue weighted by Crippen LogP contribution is 2.00. The van der Waals surface area contributed by atoms with E-state index in [0.717, 1.165) is 5.56 Å². The molecule has 0 saturated carbocycles. The molecular weight excluding hydrogens is 240 g/mol. The lowest BCUT2D eigenvalue weighted by molar-refractivity contribution is 0.137. The van der Waals surface area contributed by atoms with Gasteiger partial charge in [0.25, 0.3) is 0 Å². The molecule has 0 fully saturated rings. The Bertz CT molecular complexity index is 336. The first-order valence-corrected chi connectivity index (χ1v) is 5.21. The third kappa shape index (κ3) is 7.60. The van der Waals surface area contributed by atoms with Crippen LogP contribution >= 0.6 is 12.4 Å². The summed E-state index contributed by atoms with van der Waals surface area (Å²) < 4.78 is 5.02. The molecule has 4 nitrogen and oxygen atoms in total. The van der Waals surface area contributed by atoms with E-state index < -0.39 is 11.6 Å². The molecule has 3 N–H and O–H groups in total. The van der Waals surface area contributed by atoms with Gasteiger partial charge in [0.1, 0.15) is 6.61 Å². The summed E-state index contributed by atoms with van der Waals surface area (Å²) in [6, 6.07) is 9.53. The number of amides is 1. The molecule has 1 aromatic carbocycles. The van der Waals surface area contributed by atoms with E-state index in [9.17, 15) is 4.79 Å². The van der Waals surface area contributed by atoms with Crippen LogP contribution in [-0.2, 0) is 11.3 Å². The molecule has 0 aliphatic rings. The Labute approximate surface area is 108 Å². The van der Waals surface area contributed by atoms with E-state index in [4.69, 9.17) is 10.5 Å². The van der Waals surface area contributed by atoms with E-state index in [1.807, 2.05) is 44.2 Å². The number of nitrogens with two attached hydrogens (primary N) is 1. The average molecular weight is 259 g/mol. The highest BCUT2D eigenvalue weighted by Gasteiger charge is 2.12. The zero-order valence-electron chi connectivity index (χ0n) is 10.1. The molecule has 0 bridgehead atoms. The Balaban J connectivity index is 0.00000256. The van der Waals surface area contributed by atoms with Gasteiger partial charge in [0.15, 0.2) is 0 Å². The summed E-state index contributed by atoms with van der Waals surface area (Å²) in [5, 5.41) is 2.61. The number of rotatable bonds is 4. The normalized spacial score (nSPS) is 10.3. The van der Waals surface area contributed by atoms with Crippen molar-refractivity contribution >= 4 is 18.5 Å². The van der Waals surface area contributed by atoms with Crippen molar-refractivity contribution in [1.29, 1.82) is 0 Å². The van der Waals surface area contributed by atoms with Crippen molar-refractivity contribution in [3.05, 3.63) is 35.9 Å². The van der Waals surface area contributed by atoms with Gasteiger partial charge in [-0.25, -0.2) is 4.79 Å². The second-order valence-corrected chi connectivity index (χ2v) is 4.40. The molecule has 1 amide bonds. The van der Waals surface area contributed by atoms with Crippen LogP contribution < -0.4 is 11.1 Å². The number of carbonyl (C=O) groups excluding carboxylic acids is 1. The highest BCUT2D eigenvalue weighted by molar-refractivity contribution is 5.85. The van der Waals surface area contributed by atoms with Crippen molar-refractivity contribution < 1.29 is 9.53 Å². The number of hydrogen-bond acceptors (Lipinski definition) is 3. The van der Waals surface area contributed by atoms with Gasteiger partial charge in [-0.1, -0.05) is 30.3 Å². The topological polar surface area (TPSA) is 64.3 Å². The van der Waals surface area contributed by atoms with E-state index in [2.05, 4.69) is 5.32 Å². The van der Waals surface area contributed by atoms with Crippen LogP contribution in [0.25, 0.3) is 0 Å². The van der Waals surface area contributed by atoms with Crippen LogP contribution in [0.2, 0.25) is 0 Å². The molecular formula is C12H19ClN2O2. The second-order valence-electron chi connectivity index (χ2n) is 4.40. The summed E-state index contributed by atoms with van der Waals surface area (Å²) in [7, 11) is 0. The third-order valence-corrected chi connectivity index (χ3v) is 1.90. The van der Waals surface area contributed by atoms with Crippen LogP contribution in [0.4, 0.5) is 4.79 Å². The van der Waals surface area contributed by atoms with Gasteiger partial charge in [-0.3, -0.25) is 0 Å². The zero-order valence-corrected chi connectivity index (χ0v) is 10.9. The van der Waals surface area contributed by atoms with Gasteiger partial charge in [0.2, 0.25) is 0 Å². The van der Waals surface area contributed by atoms with E-state index in [0.29, 0.717) is 6.54 Å². The van der Waals surface area contributed by atoms with E-state index in [1.165, 1.54) is 0 Å². The van der Waals surface area contributed by atoms with E-state index in [-0.39, 0.29) is 19.0 Å². The smallest absolute Gasteiger partial charge is 0.407 e. The summed E-state index contributed by atoms with van der Waals surface area (Å²) in [6.45, 7) is 4.34. The average Bonchev–Trinajstić information content (AvgIpc) is 2.24. The summed E-state index contributed by atoms with van der Waals surface area (Å²) in [5.41, 5.74) is 6.26. The summed E-state index contributed by atoms with van der Waals surface area (Å²) in [5.74, 6) is 0. The SMILES string of the molecule is CC(C)(N)CNC(=O)OCc1ccccc1.Cl. The van der Waals surface area contributed by atoms with Crippen LogP contribution in [0.3, 0.4) is 0 Å². The van der Waals surface area contributed by atoms with Crippen LogP contribution in [0.15, 0.2) is 30.3 Å². The van der Waals surface area contributed by atoms with E-state index >= 15 is 0 Å². The number of hydrogen-bond donors (Lipinski definition) is 2. The van der Waals surface area contributed by atoms with Gasteiger partial charge >= 0.3 is 6.09 Å². The molecule has 1 rings (SSSR count). The molecule has 96 valence electrons. The standard InChI is InChI=1S/C12H18N2O2.ClH/c1-12(2,13)9-14-11(15)16-8-10-6-4-3-5-7-10;/h3-7H,8-9,13H2,1-2H3,(H,14,15);1H. The second kappa shape index (κ2) is 7.14. The highest BCUT2D eigenvalue weighted by atomic mass is 35.5. The molecule has 0 heterocycles. The number of carbonyl (C=O) groups is 1. The minimum absolute atomic E-state index is 0. The molecule has 0 aliphatic carbocycles. The molecule has 5 heteroatoms. The Morgan fingerprint density at radius 1 is 1.35 bits per heavy atom. The molecule has 0 atom stereocenters. The number of halogens is 1. The predicted molar refractivity (Wildman–Crippen MR) is 70.1 cm³/mol. The molecule has 0 radical (unpaired) electrons. The lowest BCUT2D eigenvalue weighted by Gasteiger charge is -2.18.